The van der Waals surface area contributed by atoms with Gasteiger partial charge in [-0.2, -0.15) is 9.41 Å². The fourth-order valence-electron chi connectivity index (χ4n) is 3.94. The van der Waals surface area contributed by atoms with Gasteiger partial charge in [0.2, 0.25) is 10.0 Å². The van der Waals surface area contributed by atoms with Crippen molar-refractivity contribution in [3.8, 4) is 0 Å². The van der Waals surface area contributed by atoms with Crippen LogP contribution in [0.1, 0.15) is 28.2 Å². The number of hydrogen-bond donors (Lipinski definition) is 2. The Bertz CT molecular complexity index is 1660. The zero-order chi connectivity index (χ0) is 29.6. The predicted octanol–water partition coefficient (Wildman–Crippen LogP) is 5.68. The minimum atomic E-state index is -3.94. The average molecular weight is 614 g/mol. The van der Waals surface area contributed by atoms with Gasteiger partial charge in [-0.25, -0.2) is 13.8 Å². The third-order valence-electron chi connectivity index (χ3n) is 5.78. The van der Waals surface area contributed by atoms with Crippen LogP contribution in [-0.4, -0.2) is 30.8 Å². The zero-order valence-electron chi connectivity index (χ0n) is 22.1. The van der Waals surface area contributed by atoms with Crippen molar-refractivity contribution in [1.29, 1.82) is 0 Å². The molecule has 0 atom stereocenters. The van der Waals surface area contributed by atoms with Crippen LogP contribution in [0.5, 0.6) is 0 Å². The summed E-state index contributed by atoms with van der Waals surface area (Å²) in [5.74, 6) is -1.27. The molecule has 0 fully saturated rings. The van der Waals surface area contributed by atoms with Crippen LogP contribution in [0.3, 0.4) is 0 Å². The number of amides is 2. The topological polar surface area (TPSA) is 121 Å². The third kappa shape index (κ3) is 8.27. The Morgan fingerprint density at radius 2 is 1.46 bits per heavy atom. The standard InChI is InChI=1S/C29H26Cl2N4O5S/c1-19-13-20(2)15-24(14-19)33-28(36)29(37)34-32-16-25-9-10-26(40-25)18-35(17-21-3-5-22(30)6-4-21)41(38,39)27-11-7-23(31)8-12-27/h3-16H,17-18H2,1-2H3,(H,33,36)(H,34,37)/b32-16+. The molecular weight excluding hydrogens is 587 g/mol. The first-order valence-corrected chi connectivity index (χ1v) is 14.5. The smallest absolute Gasteiger partial charge is 0.329 e. The molecule has 1 aromatic heterocycles. The molecule has 0 spiro atoms. The Kier molecular flexibility index (Phi) is 9.61. The van der Waals surface area contributed by atoms with Crippen molar-refractivity contribution >= 4 is 56.9 Å². The van der Waals surface area contributed by atoms with Crippen LogP contribution in [0.2, 0.25) is 10.0 Å². The molecule has 0 radical (unpaired) electrons. The second-order valence-corrected chi connectivity index (χ2v) is 12.0. The number of benzene rings is 3. The van der Waals surface area contributed by atoms with E-state index >= 15 is 0 Å². The molecule has 3 aromatic carbocycles. The van der Waals surface area contributed by atoms with E-state index in [9.17, 15) is 18.0 Å². The van der Waals surface area contributed by atoms with Gasteiger partial charge in [0.1, 0.15) is 11.5 Å². The second kappa shape index (κ2) is 13.1. The van der Waals surface area contributed by atoms with E-state index < -0.39 is 21.8 Å². The van der Waals surface area contributed by atoms with Gasteiger partial charge in [0, 0.05) is 22.3 Å². The first kappa shape index (κ1) is 30.0. The Labute approximate surface area is 247 Å². The molecule has 0 unspecified atom stereocenters. The van der Waals surface area contributed by atoms with Crippen molar-refractivity contribution in [2.75, 3.05) is 5.32 Å². The summed E-state index contributed by atoms with van der Waals surface area (Å²) in [7, 11) is -3.94. The van der Waals surface area contributed by atoms with Gasteiger partial charge >= 0.3 is 11.8 Å². The Morgan fingerprint density at radius 3 is 2.10 bits per heavy atom. The molecule has 4 aromatic rings. The summed E-state index contributed by atoms with van der Waals surface area (Å²) in [5, 5.41) is 7.25. The summed E-state index contributed by atoms with van der Waals surface area (Å²) >= 11 is 11.9. The molecule has 0 aliphatic heterocycles. The first-order chi connectivity index (χ1) is 19.5. The molecule has 2 N–H and O–H groups in total. The van der Waals surface area contributed by atoms with Crippen molar-refractivity contribution in [2.24, 2.45) is 5.10 Å². The Hall–Kier alpha value is -3.96. The van der Waals surface area contributed by atoms with Gasteiger partial charge in [-0.05, 0) is 91.2 Å². The lowest BCUT2D eigenvalue weighted by Crippen LogP contribution is -2.32. The first-order valence-electron chi connectivity index (χ1n) is 12.3. The highest BCUT2D eigenvalue weighted by atomic mass is 35.5. The minimum absolute atomic E-state index is 0.0535. The summed E-state index contributed by atoms with van der Waals surface area (Å²) < 4.78 is 34.0. The predicted molar refractivity (Wildman–Crippen MR) is 158 cm³/mol. The van der Waals surface area contributed by atoms with Crippen molar-refractivity contribution < 1.29 is 22.4 Å². The highest BCUT2D eigenvalue weighted by Crippen LogP contribution is 2.24. The van der Waals surface area contributed by atoms with Crippen LogP contribution in [0.4, 0.5) is 5.69 Å². The number of rotatable bonds is 9. The van der Waals surface area contributed by atoms with Gasteiger partial charge in [-0.3, -0.25) is 9.59 Å². The van der Waals surface area contributed by atoms with Crippen LogP contribution in [0.25, 0.3) is 0 Å². The van der Waals surface area contributed by atoms with Gasteiger partial charge in [0.25, 0.3) is 0 Å². The number of sulfonamides is 1. The summed E-state index contributed by atoms with van der Waals surface area (Å²) in [4.78, 5) is 24.4. The maximum atomic E-state index is 13.5. The van der Waals surface area contributed by atoms with Crippen molar-refractivity contribution in [1.82, 2.24) is 9.73 Å². The van der Waals surface area contributed by atoms with E-state index in [0.29, 0.717) is 21.5 Å². The molecule has 0 saturated heterocycles. The molecule has 212 valence electrons. The Morgan fingerprint density at radius 1 is 0.854 bits per heavy atom. The summed E-state index contributed by atoms with van der Waals surface area (Å²) in [6.45, 7) is 3.73. The highest BCUT2D eigenvalue weighted by Gasteiger charge is 2.26. The fourth-order valence-corrected chi connectivity index (χ4v) is 5.58. The van der Waals surface area contributed by atoms with Crippen LogP contribution in [0, 0.1) is 13.8 Å². The summed E-state index contributed by atoms with van der Waals surface area (Å²) in [6.07, 6.45) is 1.21. The number of carbonyl (C=O) groups is 2. The van der Waals surface area contributed by atoms with E-state index in [1.165, 1.54) is 34.8 Å². The maximum absolute atomic E-state index is 13.5. The zero-order valence-corrected chi connectivity index (χ0v) is 24.4. The van der Waals surface area contributed by atoms with Crippen molar-refractivity contribution in [2.45, 2.75) is 31.8 Å². The minimum Gasteiger partial charge on any atom is -0.459 e. The number of anilines is 1. The largest absolute Gasteiger partial charge is 0.459 e. The molecule has 1 heterocycles. The lowest BCUT2D eigenvalue weighted by Gasteiger charge is -2.21. The SMILES string of the molecule is Cc1cc(C)cc(NC(=O)C(=O)N/N=C/c2ccc(CN(Cc3ccc(Cl)cc3)S(=O)(=O)c3ccc(Cl)cc3)o2)c1. The Balaban J connectivity index is 1.44. The monoisotopic (exact) mass is 612 g/mol. The van der Waals surface area contributed by atoms with E-state index in [2.05, 4.69) is 15.8 Å². The number of nitrogens with one attached hydrogen (secondary N) is 2. The van der Waals surface area contributed by atoms with E-state index in [0.717, 1.165) is 16.7 Å². The van der Waals surface area contributed by atoms with E-state index in [1.54, 1.807) is 48.5 Å². The second-order valence-electron chi connectivity index (χ2n) is 9.19. The summed E-state index contributed by atoms with van der Waals surface area (Å²) in [6, 6.07) is 21.3. The fraction of sp³-hybridized carbons (Fsp3) is 0.138. The quantitative estimate of drug-likeness (QED) is 0.143. The molecule has 0 saturated carbocycles. The molecule has 41 heavy (non-hydrogen) atoms. The number of halogens is 2. The van der Waals surface area contributed by atoms with Crippen molar-refractivity contribution in [3.63, 3.8) is 0 Å². The van der Waals surface area contributed by atoms with E-state index in [-0.39, 0.29) is 23.7 Å². The summed E-state index contributed by atoms with van der Waals surface area (Å²) in [5.41, 5.74) is 5.26. The number of aryl methyl sites for hydroxylation is 2. The van der Waals surface area contributed by atoms with Crippen LogP contribution < -0.4 is 10.7 Å². The van der Waals surface area contributed by atoms with E-state index in [4.69, 9.17) is 27.6 Å². The lowest BCUT2D eigenvalue weighted by molar-refractivity contribution is -0.136. The molecule has 12 heteroatoms. The van der Waals surface area contributed by atoms with E-state index in [1.807, 2.05) is 19.9 Å². The highest BCUT2D eigenvalue weighted by molar-refractivity contribution is 7.89. The van der Waals surface area contributed by atoms with Gasteiger partial charge < -0.3 is 9.73 Å². The molecule has 2 amide bonds. The number of carbonyl (C=O) groups excluding carboxylic acids is 2. The van der Waals surface area contributed by atoms with Crippen LogP contribution in [0.15, 0.2) is 93.3 Å². The number of hydrogen-bond acceptors (Lipinski definition) is 6. The lowest BCUT2D eigenvalue weighted by atomic mass is 10.1. The van der Waals surface area contributed by atoms with Crippen LogP contribution in [-0.2, 0) is 32.7 Å². The molecule has 0 aliphatic rings. The van der Waals surface area contributed by atoms with Gasteiger partial charge in [0.15, 0.2) is 0 Å². The third-order valence-corrected chi connectivity index (χ3v) is 8.09. The maximum Gasteiger partial charge on any atom is 0.329 e. The molecule has 9 nitrogen and oxygen atoms in total. The molecular formula is C29H26Cl2N4O5S. The molecule has 0 bridgehead atoms. The number of furan rings is 1. The van der Waals surface area contributed by atoms with Gasteiger partial charge in [0.05, 0.1) is 17.7 Å². The number of nitrogens with zero attached hydrogens (tertiary/aromatic N) is 2. The van der Waals surface area contributed by atoms with Crippen molar-refractivity contribution in [3.05, 3.63) is 117 Å². The number of hydrazone groups is 1. The average Bonchev–Trinajstić information content (AvgIpc) is 3.36. The molecule has 4 rings (SSSR count). The van der Waals surface area contributed by atoms with Gasteiger partial charge in [-0.15, -0.1) is 0 Å². The van der Waals surface area contributed by atoms with Crippen LogP contribution >= 0.6 is 23.2 Å². The molecule has 0 aliphatic carbocycles. The normalized spacial score (nSPS) is 11.6. The van der Waals surface area contributed by atoms with Gasteiger partial charge in [-0.1, -0.05) is 41.4 Å².